The van der Waals surface area contributed by atoms with Gasteiger partial charge in [0, 0.05) is 13.2 Å². The Bertz CT molecular complexity index is 445. The number of aliphatic hydroxyl groups is 1. The lowest BCUT2D eigenvalue weighted by atomic mass is 10.1. The highest BCUT2D eigenvalue weighted by Gasteiger charge is 2.10. The summed E-state index contributed by atoms with van der Waals surface area (Å²) in [5, 5.41) is 8.87. The maximum Gasteiger partial charge on any atom is 0.211 e. The van der Waals surface area contributed by atoms with E-state index < -0.39 is 10.0 Å². The van der Waals surface area contributed by atoms with Crippen LogP contribution < -0.4 is 4.72 Å². The normalized spacial score (nSPS) is 13.4. The molecule has 2 N–H and O–H groups in total. The van der Waals surface area contributed by atoms with E-state index >= 15 is 0 Å². The van der Waals surface area contributed by atoms with Crippen molar-refractivity contribution in [1.29, 1.82) is 0 Å². The van der Waals surface area contributed by atoms with Crippen molar-refractivity contribution in [3.05, 3.63) is 35.9 Å². The number of aliphatic hydroxyl groups excluding tert-OH is 1. The number of sulfonamides is 1. The van der Waals surface area contributed by atoms with Gasteiger partial charge in [-0.15, -0.1) is 0 Å². The summed E-state index contributed by atoms with van der Waals surface area (Å²) in [6.07, 6.45) is 2.12. The zero-order valence-corrected chi connectivity index (χ0v) is 12.2. The van der Waals surface area contributed by atoms with Gasteiger partial charge in [-0.05, 0) is 30.7 Å². The summed E-state index contributed by atoms with van der Waals surface area (Å²) in [5.41, 5.74) is 1.03. The first-order chi connectivity index (χ1) is 9.03. The van der Waals surface area contributed by atoms with Gasteiger partial charge in [-0.1, -0.05) is 37.3 Å². The Labute approximate surface area is 115 Å². The lowest BCUT2D eigenvalue weighted by molar-refractivity contribution is 0.228. The molecule has 0 spiro atoms. The van der Waals surface area contributed by atoms with Crippen molar-refractivity contribution in [3.63, 3.8) is 0 Å². The molecule has 1 rings (SSSR count). The van der Waals surface area contributed by atoms with Gasteiger partial charge in [0.2, 0.25) is 10.0 Å². The van der Waals surface area contributed by atoms with Crippen molar-refractivity contribution in [2.24, 2.45) is 5.92 Å². The van der Waals surface area contributed by atoms with Crippen LogP contribution in [0.2, 0.25) is 0 Å². The van der Waals surface area contributed by atoms with Crippen LogP contribution in [0, 0.1) is 5.92 Å². The summed E-state index contributed by atoms with van der Waals surface area (Å²) < 4.78 is 26.1. The molecule has 1 aromatic carbocycles. The summed E-state index contributed by atoms with van der Waals surface area (Å²) in [6.45, 7) is 2.55. The standard InChI is InChI=1S/C14H23NO3S/c1-13(12-16)6-5-10-15-19(17,18)11-9-14-7-3-2-4-8-14/h2-4,7-8,13,15-16H,5-6,9-12H2,1H3. The third kappa shape index (κ3) is 7.30. The van der Waals surface area contributed by atoms with Gasteiger partial charge in [-0.2, -0.15) is 0 Å². The maximum atomic E-state index is 11.8. The molecule has 0 saturated carbocycles. The van der Waals surface area contributed by atoms with Gasteiger partial charge in [-0.3, -0.25) is 0 Å². The summed E-state index contributed by atoms with van der Waals surface area (Å²) in [6, 6.07) is 9.59. The van der Waals surface area contributed by atoms with Crippen molar-refractivity contribution in [1.82, 2.24) is 4.72 Å². The molecular formula is C14H23NO3S. The highest BCUT2D eigenvalue weighted by atomic mass is 32.2. The molecule has 19 heavy (non-hydrogen) atoms. The molecule has 5 heteroatoms. The van der Waals surface area contributed by atoms with Gasteiger partial charge < -0.3 is 5.11 Å². The predicted molar refractivity (Wildman–Crippen MR) is 77.4 cm³/mol. The summed E-state index contributed by atoms with van der Waals surface area (Å²) in [4.78, 5) is 0. The number of hydrogen-bond acceptors (Lipinski definition) is 3. The molecule has 1 atom stereocenters. The molecule has 1 unspecified atom stereocenters. The molecule has 0 bridgehead atoms. The fraction of sp³-hybridized carbons (Fsp3) is 0.571. The van der Waals surface area contributed by atoms with Crippen molar-refractivity contribution in [3.8, 4) is 0 Å². The Balaban J connectivity index is 2.25. The quantitative estimate of drug-likeness (QED) is 0.677. The highest BCUT2D eigenvalue weighted by molar-refractivity contribution is 7.89. The fourth-order valence-electron chi connectivity index (χ4n) is 1.74. The Hall–Kier alpha value is -0.910. The average molecular weight is 285 g/mol. The zero-order valence-electron chi connectivity index (χ0n) is 11.4. The first-order valence-corrected chi connectivity index (χ1v) is 8.31. The molecule has 0 fully saturated rings. The number of rotatable bonds is 9. The molecule has 0 aliphatic rings. The van der Waals surface area contributed by atoms with Gasteiger partial charge in [0.1, 0.15) is 0 Å². The van der Waals surface area contributed by atoms with E-state index in [4.69, 9.17) is 5.11 Å². The van der Waals surface area contributed by atoms with Crippen molar-refractivity contribution in [2.75, 3.05) is 18.9 Å². The van der Waals surface area contributed by atoms with Crippen LogP contribution in [-0.2, 0) is 16.4 Å². The highest BCUT2D eigenvalue weighted by Crippen LogP contribution is 2.04. The summed E-state index contributed by atoms with van der Waals surface area (Å²) in [5.74, 6) is 0.348. The lowest BCUT2D eigenvalue weighted by Gasteiger charge is -2.09. The first-order valence-electron chi connectivity index (χ1n) is 6.65. The first kappa shape index (κ1) is 16.1. The predicted octanol–water partition coefficient (Wildman–Crippen LogP) is 1.56. The number of aryl methyl sites for hydroxylation is 1. The second-order valence-electron chi connectivity index (χ2n) is 4.88. The molecule has 0 radical (unpaired) electrons. The molecule has 0 aliphatic heterocycles. The van der Waals surface area contributed by atoms with Crippen LogP contribution in [0.5, 0.6) is 0 Å². The summed E-state index contributed by atoms with van der Waals surface area (Å²) in [7, 11) is -3.20. The minimum absolute atomic E-state index is 0.118. The van der Waals surface area contributed by atoms with Crippen molar-refractivity contribution >= 4 is 10.0 Å². The van der Waals surface area contributed by atoms with E-state index in [1.54, 1.807) is 0 Å². The van der Waals surface area contributed by atoms with E-state index in [-0.39, 0.29) is 18.3 Å². The van der Waals surface area contributed by atoms with Gasteiger partial charge in [-0.25, -0.2) is 13.1 Å². The van der Waals surface area contributed by atoms with Crippen LogP contribution in [0.15, 0.2) is 30.3 Å². The van der Waals surface area contributed by atoms with Crippen LogP contribution in [0.3, 0.4) is 0 Å². The van der Waals surface area contributed by atoms with Crippen molar-refractivity contribution < 1.29 is 13.5 Å². The zero-order chi connectivity index (χ0) is 14.1. The van der Waals surface area contributed by atoms with E-state index in [0.29, 0.717) is 13.0 Å². The van der Waals surface area contributed by atoms with E-state index in [1.165, 1.54) is 0 Å². The Kier molecular flexibility index (Phi) is 7.05. The van der Waals surface area contributed by atoms with Crippen LogP contribution >= 0.6 is 0 Å². The van der Waals surface area contributed by atoms with Crippen LogP contribution in [0.1, 0.15) is 25.3 Å². The Morgan fingerprint density at radius 1 is 1.26 bits per heavy atom. The second kappa shape index (κ2) is 8.30. The molecule has 1 aromatic rings. The van der Waals surface area contributed by atoms with E-state index in [0.717, 1.165) is 18.4 Å². The van der Waals surface area contributed by atoms with Crippen LogP contribution in [0.25, 0.3) is 0 Å². The largest absolute Gasteiger partial charge is 0.396 e. The molecule has 108 valence electrons. The van der Waals surface area contributed by atoms with Crippen LogP contribution in [-0.4, -0.2) is 32.4 Å². The monoisotopic (exact) mass is 285 g/mol. The molecule has 4 nitrogen and oxygen atoms in total. The third-order valence-corrected chi connectivity index (χ3v) is 4.40. The molecule has 0 heterocycles. The Morgan fingerprint density at radius 2 is 1.95 bits per heavy atom. The molecule has 0 aliphatic carbocycles. The van der Waals surface area contributed by atoms with Gasteiger partial charge in [0.25, 0.3) is 0 Å². The van der Waals surface area contributed by atoms with E-state index in [2.05, 4.69) is 4.72 Å². The van der Waals surface area contributed by atoms with Crippen molar-refractivity contribution in [2.45, 2.75) is 26.2 Å². The van der Waals surface area contributed by atoms with Gasteiger partial charge >= 0.3 is 0 Å². The Morgan fingerprint density at radius 3 is 2.58 bits per heavy atom. The molecule has 0 aromatic heterocycles. The second-order valence-corrected chi connectivity index (χ2v) is 6.81. The van der Waals surface area contributed by atoms with Gasteiger partial charge in [0.15, 0.2) is 0 Å². The van der Waals surface area contributed by atoms with E-state index in [9.17, 15) is 8.42 Å². The summed E-state index contributed by atoms with van der Waals surface area (Å²) >= 11 is 0. The van der Waals surface area contributed by atoms with Gasteiger partial charge in [0.05, 0.1) is 5.75 Å². The molecule has 0 saturated heterocycles. The minimum Gasteiger partial charge on any atom is -0.396 e. The molecule has 0 amide bonds. The number of benzene rings is 1. The average Bonchev–Trinajstić information content (AvgIpc) is 2.42. The number of nitrogens with one attached hydrogen (secondary N) is 1. The smallest absolute Gasteiger partial charge is 0.211 e. The lowest BCUT2D eigenvalue weighted by Crippen LogP contribution is -2.28. The van der Waals surface area contributed by atoms with Crippen LogP contribution in [0.4, 0.5) is 0 Å². The third-order valence-electron chi connectivity index (χ3n) is 3.01. The fourth-order valence-corrected chi connectivity index (χ4v) is 2.84. The SMILES string of the molecule is CC(CO)CCCNS(=O)(=O)CCc1ccccc1. The topological polar surface area (TPSA) is 66.4 Å². The minimum atomic E-state index is -3.20. The maximum absolute atomic E-state index is 11.8. The number of hydrogen-bond donors (Lipinski definition) is 2. The van der Waals surface area contributed by atoms with E-state index in [1.807, 2.05) is 37.3 Å². The molecular weight excluding hydrogens is 262 g/mol.